The number of benzene rings is 2. The second kappa shape index (κ2) is 9.88. The van der Waals surface area contributed by atoms with Gasteiger partial charge in [-0.25, -0.2) is 0 Å². The zero-order valence-corrected chi connectivity index (χ0v) is 17.0. The van der Waals surface area contributed by atoms with Gasteiger partial charge in [-0.05, 0) is 60.3 Å². The van der Waals surface area contributed by atoms with Crippen LogP contribution in [-0.4, -0.2) is 5.78 Å². The van der Waals surface area contributed by atoms with E-state index in [2.05, 4.69) is 62.4 Å². The number of carbonyl (C=O) groups is 1. The summed E-state index contributed by atoms with van der Waals surface area (Å²) in [6.07, 6.45) is 10.2. The molecule has 1 heteroatoms. The maximum atomic E-state index is 12.4. The number of ketones is 1. The third-order valence-electron chi connectivity index (χ3n) is 6.14. The summed E-state index contributed by atoms with van der Waals surface area (Å²) in [6, 6.07) is 18.0. The van der Waals surface area contributed by atoms with E-state index in [0.29, 0.717) is 17.6 Å². The first-order valence-corrected chi connectivity index (χ1v) is 10.9. The summed E-state index contributed by atoms with van der Waals surface area (Å²) in [4.78, 5) is 12.4. The van der Waals surface area contributed by atoms with Crippen LogP contribution < -0.4 is 0 Å². The van der Waals surface area contributed by atoms with Crippen molar-refractivity contribution in [3.8, 4) is 11.1 Å². The molecule has 1 fully saturated rings. The average Bonchev–Trinajstić information content (AvgIpc) is 2.71. The minimum atomic E-state index is 0.321. The van der Waals surface area contributed by atoms with Crippen molar-refractivity contribution in [2.24, 2.45) is 5.92 Å². The van der Waals surface area contributed by atoms with Crippen molar-refractivity contribution in [2.45, 2.75) is 77.6 Å². The lowest BCUT2D eigenvalue weighted by Crippen LogP contribution is -2.23. The minimum Gasteiger partial charge on any atom is -0.299 e. The molecule has 0 spiro atoms. The normalized spacial score (nSPS) is 20.0. The van der Waals surface area contributed by atoms with Crippen LogP contribution in [0.1, 0.15) is 82.3 Å². The Bertz CT molecular complexity index is 711. The van der Waals surface area contributed by atoms with Gasteiger partial charge < -0.3 is 0 Å². The zero-order valence-electron chi connectivity index (χ0n) is 17.0. The second-order valence-corrected chi connectivity index (χ2v) is 8.21. The Labute approximate surface area is 165 Å². The van der Waals surface area contributed by atoms with Gasteiger partial charge in [-0.3, -0.25) is 4.79 Å². The highest BCUT2D eigenvalue weighted by Gasteiger charge is 2.28. The molecule has 2 aromatic rings. The van der Waals surface area contributed by atoms with Gasteiger partial charge in [0.15, 0.2) is 0 Å². The van der Waals surface area contributed by atoms with Crippen LogP contribution in [0.5, 0.6) is 0 Å². The molecule has 1 nitrogen and oxygen atoms in total. The molecule has 0 heterocycles. The predicted octanol–water partition coefficient (Wildman–Crippen LogP) is 7.34. The van der Waals surface area contributed by atoms with Crippen LogP contribution in [0.15, 0.2) is 48.5 Å². The van der Waals surface area contributed by atoms with Crippen molar-refractivity contribution in [3.05, 3.63) is 59.7 Å². The first-order valence-electron chi connectivity index (χ1n) is 10.9. The Morgan fingerprint density at radius 1 is 0.815 bits per heavy atom. The van der Waals surface area contributed by atoms with Gasteiger partial charge in [0.25, 0.3) is 0 Å². The summed E-state index contributed by atoms with van der Waals surface area (Å²) in [7, 11) is 0. The topological polar surface area (TPSA) is 17.1 Å². The molecular weight excluding hydrogens is 328 g/mol. The lowest BCUT2D eigenvalue weighted by Gasteiger charge is -2.27. The van der Waals surface area contributed by atoms with E-state index >= 15 is 0 Å². The van der Waals surface area contributed by atoms with Crippen LogP contribution >= 0.6 is 0 Å². The van der Waals surface area contributed by atoms with E-state index in [0.717, 1.165) is 32.1 Å². The van der Waals surface area contributed by atoms with Crippen molar-refractivity contribution in [3.63, 3.8) is 0 Å². The molecule has 0 unspecified atom stereocenters. The standard InChI is InChI=1S/C26H34O/c1-3-5-6-8-20-9-11-21(12-10-20)22-13-15-23(16-14-22)25-18-17-24(7-4-2)26(27)19-25/h9-16,24-25H,3-8,17-19H2,1-2H3/t24-,25-/m1/s1. The molecule has 3 rings (SSSR count). The number of carbonyl (C=O) groups excluding carboxylic acids is 1. The molecule has 0 N–H and O–H groups in total. The van der Waals surface area contributed by atoms with Crippen LogP contribution in [0.2, 0.25) is 0 Å². The van der Waals surface area contributed by atoms with Crippen LogP contribution in [0, 0.1) is 5.92 Å². The third-order valence-corrected chi connectivity index (χ3v) is 6.14. The van der Waals surface area contributed by atoms with E-state index in [1.165, 1.54) is 47.9 Å². The Kier molecular flexibility index (Phi) is 7.26. The number of hydrogen-bond donors (Lipinski definition) is 0. The Morgan fingerprint density at radius 3 is 2.07 bits per heavy atom. The molecule has 0 aliphatic heterocycles. The highest BCUT2D eigenvalue weighted by Crippen LogP contribution is 2.36. The van der Waals surface area contributed by atoms with E-state index in [1.807, 2.05) is 0 Å². The van der Waals surface area contributed by atoms with Crippen molar-refractivity contribution in [1.82, 2.24) is 0 Å². The molecule has 2 atom stereocenters. The Morgan fingerprint density at radius 2 is 1.48 bits per heavy atom. The van der Waals surface area contributed by atoms with E-state index in [1.54, 1.807) is 0 Å². The van der Waals surface area contributed by atoms with E-state index in [-0.39, 0.29) is 0 Å². The van der Waals surface area contributed by atoms with Gasteiger partial charge in [0.1, 0.15) is 5.78 Å². The molecule has 0 bridgehead atoms. The maximum Gasteiger partial charge on any atom is 0.136 e. The van der Waals surface area contributed by atoms with Gasteiger partial charge in [0, 0.05) is 12.3 Å². The van der Waals surface area contributed by atoms with Gasteiger partial charge >= 0.3 is 0 Å². The van der Waals surface area contributed by atoms with Crippen molar-refractivity contribution in [2.75, 3.05) is 0 Å². The van der Waals surface area contributed by atoms with E-state index in [4.69, 9.17) is 0 Å². The monoisotopic (exact) mass is 362 g/mol. The van der Waals surface area contributed by atoms with Crippen LogP contribution in [0.3, 0.4) is 0 Å². The van der Waals surface area contributed by atoms with Gasteiger partial charge in [0.05, 0.1) is 0 Å². The Hall–Kier alpha value is -1.89. The smallest absolute Gasteiger partial charge is 0.136 e. The molecule has 1 saturated carbocycles. The summed E-state index contributed by atoms with van der Waals surface area (Å²) >= 11 is 0. The summed E-state index contributed by atoms with van der Waals surface area (Å²) in [5.41, 5.74) is 5.32. The lowest BCUT2D eigenvalue weighted by atomic mass is 9.76. The van der Waals surface area contributed by atoms with E-state index in [9.17, 15) is 4.79 Å². The fourth-order valence-electron chi connectivity index (χ4n) is 4.40. The van der Waals surface area contributed by atoms with Gasteiger partial charge in [0.2, 0.25) is 0 Å². The summed E-state index contributed by atoms with van der Waals surface area (Å²) < 4.78 is 0. The van der Waals surface area contributed by atoms with Crippen molar-refractivity contribution < 1.29 is 4.79 Å². The number of Topliss-reactive ketones (excluding diaryl/α,β-unsaturated/α-hetero) is 1. The molecule has 2 aromatic carbocycles. The van der Waals surface area contributed by atoms with Gasteiger partial charge in [-0.15, -0.1) is 0 Å². The van der Waals surface area contributed by atoms with Crippen LogP contribution in [0.4, 0.5) is 0 Å². The molecule has 0 radical (unpaired) electrons. The number of aryl methyl sites for hydroxylation is 1. The Balaban J connectivity index is 1.61. The fraction of sp³-hybridized carbons (Fsp3) is 0.500. The fourth-order valence-corrected chi connectivity index (χ4v) is 4.40. The lowest BCUT2D eigenvalue weighted by molar-refractivity contribution is -0.125. The quantitative estimate of drug-likeness (QED) is 0.449. The average molecular weight is 363 g/mol. The first-order chi connectivity index (χ1) is 13.2. The second-order valence-electron chi connectivity index (χ2n) is 8.21. The molecular formula is C26H34O. The molecule has 1 aliphatic rings. The van der Waals surface area contributed by atoms with Gasteiger partial charge in [-0.2, -0.15) is 0 Å². The predicted molar refractivity (Wildman–Crippen MR) is 115 cm³/mol. The molecule has 27 heavy (non-hydrogen) atoms. The first kappa shape index (κ1) is 19.9. The third kappa shape index (κ3) is 5.31. The van der Waals surface area contributed by atoms with Crippen molar-refractivity contribution >= 4 is 5.78 Å². The van der Waals surface area contributed by atoms with Crippen molar-refractivity contribution in [1.29, 1.82) is 0 Å². The zero-order chi connectivity index (χ0) is 19.1. The van der Waals surface area contributed by atoms with Gasteiger partial charge in [-0.1, -0.05) is 81.6 Å². The molecule has 0 aromatic heterocycles. The molecule has 144 valence electrons. The SMILES string of the molecule is CCCCCc1ccc(-c2ccc([C@@H]3CC[C@@H](CCC)C(=O)C3)cc2)cc1. The highest BCUT2D eigenvalue weighted by molar-refractivity contribution is 5.82. The van der Waals surface area contributed by atoms with E-state index < -0.39 is 0 Å². The van der Waals surface area contributed by atoms with Crippen LogP contribution in [0.25, 0.3) is 11.1 Å². The summed E-state index contributed by atoms with van der Waals surface area (Å²) in [5, 5.41) is 0. The van der Waals surface area contributed by atoms with Crippen LogP contribution in [-0.2, 0) is 11.2 Å². The minimum absolute atomic E-state index is 0.321. The molecule has 0 saturated heterocycles. The maximum absolute atomic E-state index is 12.4. The summed E-state index contributed by atoms with van der Waals surface area (Å²) in [5.74, 6) is 1.22. The largest absolute Gasteiger partial charge is 0.299 e. The summed E-state index contributed by atoms with van der Waals surface area (Å²) in [6.45, 7) is 4.43. The number of unbranched alkanes of at least 4 members (excludes halogenated alkanes) is 2. The molecule has 0 amide bonds. The highest BCUT2D eigenvalue weighted by atomic mass is 16.1. The molecule has 1 aliphatic carbocycles. The number of hydrogen-bond acceptors (Lipinski definition) is 1. The number of rotatable bonds is 8.